The Morgan fingerprint density at radius 1 is 0.714 bits per heavy atom. The van der Waals surface area contributed by atoms with E-state index in [1.807, 2.05) is 0 Å². The zero-order valence-corrected chi connectivity index (χ0v) is 10.9. The molecule has 0 fully saturated rings. The van der Waals surface area contributed by atoms with Gasteiger partial charge in [-0.3, -0.25) is 0 Å². The Kier molecular flexibility index (Phi) is 6.79. The third-order valence-corrected chi connectivity index (χ3v) is 3.77. The summed E-state index contributed by atoms with van der Waals surface area (Å²) in [6, 6.07) is 0. The van der Waals surface area contributed by atoms with E-state index in [1.165, 1.54) is 0 Å². The molecule has 0 aromatic rings. The average Bonchev–Trinajstić information content (AvgIpc) is 1.43. The maximum absolute atomic E-state index is 10.4. The number of hydrogen-bond acceptors (Lipinski definition) is 5. The first kappa shape index (κ1) is 17.5. The Morgan fingerprint density at radius 3 is 1.07 bits per heavy atom. The van der Waals surface area contributed by atoms with Crippen LogP contribution in [0.3, 0.4) is 0 Å². The van der Waals surface area contributed by atoms with Crippen molar-refractivity contribution in [3.63, 3.8) is 0 Å². The fourth-order valence-corrected chi connectivity index (χ4v) is 2.82. The van der Waals surface area contributed by atoms with Crippen LogP contribution in [0.2, 0.25) is 0 Å². The molecule has 0 aliphatic carbocycles. The van der Waals surface area contributed by atoms with Crippen LogP contribution in [0.15, 0.2) is 0 Å². The molecule has 0 rings (SSSR count). The van der Waals surface area contributed by atoms with Crippen LogP contribution >= 0.6 is 23.5 Å². The van der Waals surface area contributed by atoms with Gasteiger partial charge in [-0.2, -0.15) is 8.62 Å². The molecule has 0 heterocycles. The number of rotatable bonds is 4. The van der Waals surface area contributed by atoms with Crippen molar-refractivity contribution < 1.29 is 67.8 Å². The molecule has 0 amide bonds. The molecule has 5 N–H and O–H groups in total. The molecule has 0 aromatic carbocycles. The van der Waals surface area contributed by atoms with Crippen LogP contribution in [-0.2, 0) is 43.4 Å². The van der Waals surface area contributed by atoms with E-state index >= 15 is 0 Å². The monoisotopic (exact) mass is 453 g/mol. The first-order chi connectivity index (χ1) is 5.41. The summed E-state index contributed by atoms with van der Waals surface area (Å²) in [4.78, 5) is 40.2. The van der Waals surface area contributed by atoms with Crippen LogP contribution < -0.4 is 0 Å². The van der Waals surface area contributed by atoms with Crippen LogP contribution in [0, 0.1) is 0 Å². The second-order valence-electron chi connectivity index (χ2n) is 1.61. The van der Waals surface area contributed by atoms with Gasteiger partial charge in [0.25, 0.3) is 0 Å². The third kappa shape index (κ3) is 11.2. The van der Waals surface area contributed by atoms with E-state index in [-0.39, 0.29) is 21.1 Å². The summed E-state index contributed by atoms with van der Waals surface area (Å²) in [5.41, 5.74) is 0. The van der Waals surface area contributed by atoms with Gasteiger partial charge in [0.15, 0.2) is 0 Å². The van der Waals surface area contributed by atoms with Crippen molar-refractivity contribution in [2.75, 3.05) is 0 Å². The van der Waals surface area contributed by atoms with Crippen LogP contribution in [0.4, 0.5) is 0 Å². The molecular formula is H5O10P3Pt. The zero-order chi connectivity index (χ0) is 10.9. The number of phosphoric acid groups is 3. The minimum atomic E-state index is -5.46. The smallest absolute Gasteiger partial charge is 0.302 e. The van der Waals surface area contributed by atoms with Crippen molar-refractivity contribution in [3.05, 3.63) is 0 Å². The Balaban J connectivity index is 0. The summed E-state index contributed by atoms with van der Waals surface area (Å²) in [7, 11) is -16.2. The average molecular weight is 453 g/mol. The van der Waals surface area contributed by atoms with Crippen LogP contribution in [0.25, 0.3) is 0 Å². The Labute approximate surface area is 91.6 Å². The SMILES string of the molecule is O=P(O)(O)OP(=O)(O)OP(=O)(O)O.[Pt]. The Morgan fingerprint density at radius 2 is 0.929 bits per heavy atom. The molecule has 0 bridgehead atoms. The van der Waals surface area contributed by atoms with Gasteiger partial charge in [0.2, 0.25) is 0 Å². The predicted molar refractivity (Wildman–Crippen MR) is 36.1 cm³/mol. The minimum absolute atomic E-state index is 0. The fourth-order valence-electron chi connectivity index (χ4n) is 0.284. The van der Waals surface area contributed by atoms with Crippen LogP contribution in [0.5, 0.6) is 0 Å². The van der Waals surface area contributed by atoms with Gasteiger partial charge < -0.3 is 24.5 Å². The summed E-state index contributed by atoms with van der Waals surface area (Å²) in [5.74, 6) is 0. The first-order valence-corrected chi connectivity index (χ1v) is 6.83. The van der Waals surface area contributed by atoms with E-state index < -0.39 is 23.5 Å². The molecular weight excluding hydrogens is 448 g/mol. The molecule has 0 aliphatic rings. The fraction of sp³-hybridized carbons (Fsp3) is 0. The molecule has 0 radical (unpaired) electrons. The van der Waals surface area contributed by atoms with Gasteiger partial charge >= 0.3 is 23.5 Å². The van der Waals surface area contributed by atoms with Crippen molar-refractivity contribution in [1.29, 1.82) is 0 Å². The summed E-state index contributed by atoms with van der Waals surface area (Å²) in [6.07, 6.45) is 0. The second kappa shape index (κ2) is 5.43. The standard InChI is InChI=1S/H5O10P3.Pt/c1-11(2,3)9-13(7,8)10-12(4,5)6;/h(H,7,8)(H2,1,2,3)(H2,4,5,6);. The zero-order valence-electron chi connectivity index (χ0n) is 5.94. The normalized spacial score (nSPS) is 13.5. The minimum Gasteiger partial charge on any atom is -0.302 e. The van der Waals surface area contributed by atoms with Crippen LogP contribution in [-0.4, -0.2) is 24.5 Å². The van der Waals surface area contributed by atoms with Gasteiger partial charge in [-0.1, -0.05) is 0 Å². The molecule has 0 unspecified atom stereocenters. The van der Waals surface area contributed by atoms with Crippen molar-refractivity contribution in [2.45, 2.75) is 0 Å². The van der Waals surface area contributed by atoms with Gasteiger partial charge in [0, 0.05) is 21.1 Å². The summed E-state index contributed by atoms with van der Waals surface area (Å²) in [5, 5.41) is 0. The summed E-state index contributed by atoms with van der Waals surface area (Å²) < 4.78 is 36.4. The molecule has 0 saturated carbocycles. The molecule has 0 aromatic heterocycles. The van der Waals surface area contributed by atoms with Crippen molar-refractivity contribution in [3.8, 4) is 0 Å². The molecule has 90 valence electrons. The van der Waals surface area contributed by atoms with Gasteiger partial charge in [0.1, 0.15) is 0 Å². The van der Waals surface area contributed by atoms with E-state index in [0.29, 0.717) is 0 Å². The molecule has 0 spiro atoms. The van der Waals surface area contributed by atoms with Gasteiger partial charge in [-0.05, 0) is 0 Å². The van der Waals surface area contributed by atoms with E-state index in [9.17, 15) is 13.7 Å². The topological polar surface area (TPSA) is 171 Å². The Hall–Kier alpha value is 1.10. The maximum Gasteiger partial charge on any atom is 0.490 e. The molecule has 0 atom stereocenters. The second-order valence-corrected chi connectivity index (χ2v) is 5.82. The van der Waals surface area contributed by atoms with E-state index in [4.69, 9.17) is 24.5 Å². The third-order valence-electron chi connectivity index (χ3n) is 0.419. The largest absolute Gasteiger partial charge is 0.490 e. The van der Waals surface area contributed by atoms with Crippen LogP contribution in [0.1, 0.15) is 0 Å². The first-order valence-electron chi connectivity index (χ1n) is 2.28. The van der Waals surface area contributed by atoms with Gasteiger partial charge in [0.05, 0.1) is 0 Å². The molecule has 14 heteroatoms. The molecule has 14 heavy (non-hydrogen) atoms. The van der Waals surface area contributed by atoms with E-state index in [2.05, 4.69) is 8.62 Å². The maximum atomic E-state index is 10.4. The quantitative estimate of drug-likeness (QED) is 0.343. The van der Waals surface area contributed by atoms with Crippen molar-refractivity contribution in [2.24, 2.45) is 0 Å². The van der Waals surface area contributed by atoms with E-state index in [0.717, 1.165) is 0 Å². The van der Waals surface area contributed by atoms with Gasteiger partial charge in [-0.25, -0.2) is 13.7 Å². The molecule has 0 saturated heterocycles. The Bertz CT molecular complexity index is 277. The van der Waals surface area contributed by atoms with Crippen molar-refractivity contribution >= 4 is 23.5 Å². The molecule has 0 aliphatic heterocycles. The summed E-state index contributed by atoms with van der Waals surface area (Å²) >= 11 is 0. The number of hydrogen-bond donors (Lipinski definition) is 5. The van der Waals surface area contributed by atoms with Crippen molar-refractivity contribution in [1.82, 2.24) is 0 Å². The molecule has 10 nitrogen and oxygen atoms in total. The predicted octanol–water partition coefficient (Wildman–Crippen LogP) is -0.697. The van der Waals surface area contributed by atoms with Gasteiger partial charge in [-0.15, -0.1) is 0 Å². The van der Waals surface area contributed by atoms with E-state index in [1.54, 1.807) is 0 Å². The summed E-state index contributed by atoms with van der Waals surface area (Å²) in [6.45, 7) is 0.